The summed E-state index contributed by atoms with van der Waals surface area (Å²) in [4.78, 5) is 22.0. The molecular weight excluding hydrogens is 308 g/mol. The summed E-state index contributed by atoms with van der Waals surface area (Å²) in [5.74, 6) is 1.71. The van der Waals surface area contributed by atoms with Crippen LogP contribution in [0.1, 0.15) is 12.8 Å². The van der Waals surface area contributed by atoms with E-state index < -0.39 is 0 Å². The maximum atomic E-state index is 12.3. The Labute approximate surface area is 140 Å². The fourth-order valence-corrected chi connectivity index (χ4v) is 2.58. The molecule has 0 bridgehead atoms. The van der Waals surface area contributed by atoms with E-state index in [1.165, 1.54) is 13.4 Å². The third-order valence-electron chi connectivity index (χ3n) is 3.86. The molecule has 0 saturated carbocycles. The van der Waals surface area contributed by atoms with Crippen molar-refractivity contribution in [3.63, 3.8) is 0 Å². The van der Waals surface area contributed by atoms with Crippen LogP contribution in [-0.4, -0.2) is 47.2 Å². The SMILES string of the molecule is COc1cc(NC(=O)N2CCC(Oc3ccccc3)CC2)ncn1. The number of aromatic nitrogens is 2. The molecule has 3 rings (SSSR count). The number of ether oxygens (including phenoxy) is 2. The van der Waals surface area contributed by atoms with Crippen molar-refractivity contribution in [2.24, 2.45) is 0 Å². The highest BCUT2D eigenvalue weighted by molar-refractivity contribution is 5.88. The van der Waals surface area contributed by atoms with E-state index >= 15 is 0 Å². The number of methoxy groups -OCH3 is 1. The molecule has 2 heterocycles. The minimum atomic E-state index is -0.172. The molecule has 1 fully saturated rings. The van der Waals surface area contributed by atoms with E-state index in [0.29, 0.717) is 24.8 Å². The third-order valence-corrected chi connectivity index (χ3v) is 3.86. The van der Waals surface area contributed by atoms with Crippen LogP contribution in [-0.2, 0) is 0 Å². The number of carbonyl (C=O) groups is 1. The molecule has 2 amide bonds. The molecule has 24 heavy (non-hydrogen) atoms. The Morgan fingerprint density at radius 2 is 1.96 bits per heavy atom. The van der Waals surface area contributed by atoms with Gasteiger partial charge in [-0.25, -0.2) is 14.8 Å². The van der Waals surface area contributed by atoms with Crippen LogP contribution < -0.4 is 14.8 Å². The summed E-state index contributed by atoms with van der Waals surface area (Å²) in [6, 6.07) is 11.2. The number of benzene rings is 1. The highest BCUT2D eigenvalue weighted by Crippen LogP contribution is 2.19. The van der Waals surface area contributed by atoms with Crippen LogP contribution in [0.3, 0.4) is 0 Å². The predicted molar refractivity (Wildman–Crippen MR) is 89.3 cm³/mol. The molecule has 0 aliphatic carbocycles. The standard InChI is InChI=1S/C17H20N4O3/c1-23-16-11-15(18-12-19-16)20-17(22)21-9-7-14(8-10-21)24-13-5-3-2-4-6-13/h2-6,11-12,14H,7-10H2,1H3,(H,18,19,20,22). The Kier molecular flexibility index (Phi) is 5.10. The number of piperidine rings is 1. The van der Waals surface area contributed by atoms with Crippen LogP contribution in [0, 0.1) is 0 Å². The van der Waals surface area contributed by atoms with Crippen LogP contribution in [0.5, 0.6) is 11.6 Å². The number of para-hydroxylation sites is 1. The largest absolute Gasteiger partial charge is 0.490 e. The van der Waals surface area contributed by atoms with Crippen LogP contribution in [0.15, 0.2) is 42.7 Å². The van der Waals surface area contributed by atoms with Crippen molar-refractivity contribution >= 4 is 11.8 Å². The Morgan fingerprint density at radius 1 is 1.21 bits per heavy atom. The number of likely N-dealkylation sites (tertiary alicyclic amines) is 1. The molecule has 1 aromatic heterocycles. The van der Waals surface area contributed by atoms with Crippen molar-refractivity contribution in [3.05, 3.63) is 42.7 Å². The fraction of sp³-hybridized carbons (Fsp3) is 0.353. The van der Waals surface area contributed by atoms with E-state index in [1.807, 2.05) is 30.3 Å². The van der Waals surface area contributed by atoms with Gasteiger partial charge in [-0.3, -0.25) is 5.32 Å². The summed E-state index contributed by atoms with van der Waals surface area (Å²) >= 11 is 0. The highest BCUT2D eigenvalue weighted by Gasteiger charge is 2.24. The molecule has 0 radical (unpaired) electrons. The second kappa shape index (κ2) is 7.63. The first-order valence-electron chi connectivity index (χ1n) is 7.88. The van der Waals surface area contributed by atoms with Crippen LogP contribution >= 0.6 is 0 Å². The van der Waals surface area contributed by atoms with Gasteiger partial charge in [0, 0.05) is 32.0 Å². The zero-order chi connectivity index (χ0) is 16.8. The molecule has 0 atom stereocenters. The van der Waals surface area contributed by atoms with Crippen LogP contribution in [0.4, 0.5) is 10.6 Å². The Balaban J connectivity index is 1.49. The Bertz CT molecular complexity index is 673. The van der Waals surface area contributed by atoms with Gasteiger partial charge in [0.1, 0.15) is 24.0 Å². The van der Waals surface area contributed by atoms with Crippen molar-refractivity contribution in [1.82, 2.24) is 14.9 Å². The minimum absolute atomic E-state index is 0.135. The Hall–Kier alpha value is -2.83. The van der Waals surface area contributed by atoms with Crippen molar-refractivity contribution < 1.29 is 14.3 Å². The number of urea groups is 1. The lowest BCUT2D eigenvalue weighted by molar-refractivity contribution is 0.115. The number of nitrogens with zero attached hydrogens (tertiary/aromatic N) is 3. The van der Waals surface area contributed by atoms with E-state index in [0.717, 1.165) is 18.6 Å². The lowest BCUT2D eigenvalue weighted by atomic mass is 10.1. The molecule has 1 aliphatic rings. The lowest BCUT2D eigenvalue weighted by Crippen LogP contribution is -2.43. The first kappa shape index (κ1) is 16.0. The van der Waals surface area contributed by atoms with Gasteiger partial charge in [-0.1, -0.05) is 18.2 Å². The van der Waals surface area contributed by atoms with Gasteiger partial charge in [0.15, 0.2) is 0 Å². The maximum absolute atomic E-state index is 12.3. The highest BCUT2D eigenvalue weighted by atomic mass is 16.5. The lowest BCUT2D eigenvalue weighted by Gasteiger charge is -2.32. The number of rotatable bonds is 4. The van der Waals surface area contributed by atoms with Gasteiger partial charge >= 0.3 is 6.03 Å². The average Bonchev–Trinajstić information content (AvgIpc) is 2.63. The molecule has 0 unspecified atom stereocenters. The summed E-state index contributed by atoms with van der Waals surface area (Å²) in [5.41, 5.74) is 0. The number of hydrogen-bond donors (Lipinski definition) is 1. The summed E-state index contributed by atoms with van der Waals surface area (Å²) in [5, 5.41) is 2.77. The van der Waals surface area contributed by atoms with Gasteiger partial charge in [-0.2, -0.15) is 0 Å². The van der Waals surface area contributed by atoms with Gasteiger partial charge in [0.05, 0.1) is 7.11 Å². The molecular formula is C17H20N4O3. The third kappa shape index (κ3) is 4.13. The zero-order valence-electron chi connectivity index (χ0n) is 13.5. The van der Waals surface area contributed by atoms with Crippen LogP contribution in [0.25, 0.3) is 0 Å². The number of amides is 2. The van der Waals surface area contributed by atoms with E-state index in [4.69, 9.17) is 9.47 Å². The van der Waals surface area contributed by atoms with Crippen molar-refractivity contribution in [2.45, 2.75) is 18.9 Å². The van der Waals surface area contributed by atoms with Crippen molar-refractivity contribution in [3.8, 4) is 11.6 Å². The van der Waals surface area contributed by atoms with Gasteiger partial charge in [-0.05, 0) is 12.1 Å². The Morgan fingerprint density at radius 3 is 2.67 bits per heavy atom. The number of carbonyl (C=O) groups excluding carboxylic acids is 1. The summed E-state index contributed by atoms with van der Waals surface area (Å²) in [6.45, 7) is 1.29. The molecule has 2 aromatic rings. The maximum Gasteiger partial charge on any atom is 0.323 e. The van der Waals surface area contributed by atoms with E-state index in [2.05, 4.69) is 15.3 Å². The smallest absolute Gasteiger partial charge is 0.323 e. The first-order chi connectivity index (χ1) is 11.7. The van der Waals surface area contributed by atoms with Crippen molar-refractivity contribution in [2.75, 3.05) is 25.5 Å². The van der Waals surface area contributed by atoms with E-state index in [1.54, 1.807) is 11.0 Å². The molecule has 126 valence electrons. The van der Waals surface area contributed by atoms with E-state index in [-0.39, 0.29) is 12.1 Å². The second-order valence-corrected chi connectivity index (χ2v) is 5.49. The second-order valence-electron chi connectivity index (χ2n) is 5.49. The molecule has 7 nitrogen and oxygen atoms in total. The van der Waals surface area contributed by atoms with E-state index in [9.17, 15) is 4.79 Å². The van der Waals surface area contributed by atoms with Gasteiger partial charge in [-0.15, -0.1) is 0 Å². The minimum Gasteiger partial charge on any atom is -0.490 e. The molecule has 1 aliphatic heterocycles. The van der Waals surface area contributed by atoms with Crippen LogP contribution in [0.2, 0.25) is 0 Å². The average molecular weight is 328 g/mol. The first-order valence-corrected chi connectivity index (χ1v) is 7.88. The zero-order valence-corrected chi connectivity index (χ0v) is 13.5. The fourth-order valence-electron chi connectivity index (χ4n) is 2.58. The molecule has 1 aromatic carbocycles. The molecule has 1 saturated heterocycles. The summed E-state index contributed by atoms with van der Waals surface area (Å²) < 4.78 is 11.0. The number of nitrogens with one attached hydrogen (secondary N) is 1. The predicted octanol–water partition coefficient (Wildman–Crippen LogP) is 2.56. The summed E-state index contributed by atoms with van der Waals surface area (Å²) in [6.07, 6.45) is 3.09. The summed E-state index contributed by atoms with van der Waals surface area (Å²) in [7, 11) is 1.52. The van der Waals surface area contributed by atoms with Crippen molar-refractivity contribution in [1.29, 1.82) is 0 Å². The number of anilines is 1. The normalized spacial score (nSPS) is 15.0. The topological polar surface area (TPSA) is 76.6 Å². The molecule has 7 heteroatoms. The number of hydrogen-bond acceptors (Lipinski definition) is 5. The monoisotopic (exact) mass is 328 g/mol. The van der Waals surface area contributed by atoms with Gasteiger partial charge < -0.3 is 14.4 Å². The quantitative estimate of drug-likeness (QED) is 0.933. The van der Waals surface area contributed by atoms with Gasteiger partial charge in [0.2, 0.25) is 5.88 Å². The molecule has 0 spiro atoms. The molecule has 1 N–H and O–H groups in total. The van der Waals surface area contributed by atoms with Gasteiger partial charge in [0.25, 0.3) is 0 Å².